The molecule has 0 aromatic carbocycles. The number of aromatic nitrogens is 1. The van der Waals surface area contributed by atoms with Crippen LogP contribution in [0.1, 0.15) is 6.92 Å². The van der Waals surface area contributed by atoms with Gasteiger partial charge >= 0.3 is 0 Å². The Morgan fingerprint density at radius 2 is 2.29 bits per heavy atom. The number of nitrogens with zero attached hydrogens (tertiary/aromatic N) is 2. The third kappa shape index (κ3) is 2.23. The van der Waals surface area contributed by atoms with Crippen LogP contribution in [0.5, 0.6) is 0 Å². The summed E-state index contributed by atoms with van der Waals surface area (Å²) in [6.45, 7) is 1.81. The molecule has 1 aliphatic rings. The van der Waals surface area contributed by atoms with Gasteiger partial charge in [-0.3, -0.25) is 14.9 Å². The molecule has 1 saturated heterocycles. The standard InChI is InChI=1S/C10H11BrN4O2/c1-5-10(17)14-8(16)4-15(5)9-7(11)2-6(12)3-13-9/h2-3,5H,4,12H2,1H3,(H,14,16,17). The summed E-state index contributed by atoms with van der Waals surface area (Å²) in [4.78, 5) is 28.6. The van der Waals surface area contributed by atoms with E-state index in [1.54, 1.807) is 17.9 Å². The largest absolute Gasteiger partial charge is 0.397 e. The SMILES string of the molecule is CC1C(=O)NC(=O)CN1c1ncc(N)cc1Br. The molecule has 90 valence electrons. The van der Waals surface area contributed by atoms with E-state index < -0.39 is 6.04 Å². The number of imide groups is 1. The quantitative estimate of drug-likeness (QED) is 0.727. The average Bonchev–Trinajstić information content (AvgIpc) is 2.24. The lowest BCUT2D eigenvalue weighted by atomic mass is 10.2. The number of rotatable bonds is 1. The second-order valence-corrected chi connectivity index (χ2v) is 4.64. The normalized spacial score (nSPS) is 20.4. The van der Waals surface area contributed by atoms with E-state index in [4.69, 9.17) is 5.73 Å². The highest BCUT2D eigenvalue weighted by Gasteiger charge is 2.32. The number of piperazine rings is 1. The molecule has 7 heteroatoms. The summed E-state index contributed by atoms with van der Waals surface area (Å²) in [5, 5.41) is 2.27. The van der Waals surface area contributed by atoms with Gasteiger partial charge in [0, 0.05) is 0 Å². The molecule has 0 saturated carbocycles. The van der Waals surface area contributed by atoms with Crippen molar-refractivity contribution in [2.75, 3.05) is 17.2 Å². The number of carbonyl (C=O) groups is 2. The summed E-state index contributed by atoms with van der Waals surface area (Å²) < 4.78 is 0.659. The molecule has 1 atom stereocenters. The Kier molecular flexibility index (Phi) is 3.01. The van der Waals surface area contributed by atoms with E-state index in [1.165, 1.54) is 6.20 Å². The van der Waals surface area contributed by atoms with Gasteiger partial charge in [-0.2, -0.15) is 0 Å². The van der Waals surface area contributed by atoms with Gasteiger partial charge in [0.25, 0.3) is 0 Å². The van der Waals surface area contributed by atoms with Crippen LogP contribution in [0.2, 0.25) is 0 Å². The van der Waals surface area contributed by atoms with Gasteiger partial charge in [-0.25, -0.2) is 4.98 Å². The van der Waals surface area contributed by atoms with E-state index in [0.717, 1.165) is 0 Å². The minimum absolute atomic E-state index is 0.0996. The zero-order chi connectivity index (χ0) is 12.6. The molecule has 1 aliphatic heterocycles. The van der Waals surface area contributed by atoms with Crippen LogP contribution in [-0.2, 0) is 9.59 Å². The highest BCUT2D eigenvalue weighted by Crippen LogP contribution is 2.27. The third-order valence-electron chi connectivity index (χ3n) is 2.54. The molecule has 1 aromatic heterocycles. The molecule has 0 aliphatic carbocycles. The topological polar surface area (TPSA) is 88.3 Å². The molecule has 2 amide bonds. The minimum Gasteiger partial charge on any atom is -0.397 e. The summed E-state index contributed by atoms with van der Waals surface area (Å²) in [6.07, 6.45) is 1.49. The van der Waals surface area contributed by atoms with Crippen molar-refractivity contribution < 1.29 is 9.59 Å². The van der Waals surface area contributed by atoms with Crippen molar-refractivity contribution in [1.29, 1.82) is 0 Å². The minimum atomic E-state index is -0.444. The van der Waals surface area contributed by atoms with Crippen molar-refractivity contribution in [3.8, 4) is 0 Å². The van der Waals surface area contributed by atoms with E-state index in [1.807, 2.05) is 0 Å². The number of halogens is 1. The predicted molar refractivity (Wildman–Crippen MR) is 66.3 cm³/mol. The smallest absolute Gasteiger partial charge is 0.249 e. The summed E-state index contributed by atoms with van der Waals surface area (Å²) >= 11 is 3.32. The fourth-order valence-electron chi connectivity index (χ4n) is 1.63. The van der Waals surface area contributed by atoms with Crippen molar-refractivity contribution >= 4 is 39.2 Å². The number of amides is 2. The Bertz CT molecular complexity index is 491. The van der Waals surface area contributed by atoms with Crippen LogP contribution in [0.25, 0.3) is 0 Å². The lowest BCUT2D eigenvalue weighted by molar-refractivity contribution is -0.132. The summed E-state index contributed by atoms with van der Waals surface area (Å²) in [5.41, 5.74) is 6.10. The molecule has 2 heterocycles. The Balaban J connectivity index is 2.37. The fourth-order valence-corrected chi connectivity index (χ4v) is 2.22. The Morgan fingerprint density at radius 3 is 2.94 bits per heavy atom. The Morgan fingerprint density at radius 1 is 1.59 bits per heavy atom. The van der Waals surface area contributed by atoms with Crippen molar-refractivity contribution in [2.24, 2.45) is 0 Å². The van der Waals surface area contributed by atoms with E-state index in [-0.39, 0.29) is 18.4 Å². The number of nitrogens with one attached hydrogen (secondary N) is 1. The summed E-state index contributed by atoms with van der Waals surface area (Å²) in [7, 11) is 0. The molecule has 0 spiro atoms. The van der Waals surface area contributed by atoms with Crippen LogP contribution >= 0.6 is 15.9 Å². The predicted octanol–water partition coefficient (Wildman–Crippen LogP) is 0.278. The molecule has 0 bridgehead atoms. The van der Waals surface area contributed by atoms with Crippen LogP contribution in [-0.4, -0.2) is 29.4 Å². The maximum atomic E-state index is 11.5. The number of nitrogens with two attached hydrogens (primary N) is 1. The van der Waals surface area contributed by atoms with Crippen molar-refractivity contribution in [3.63, 3.8) is 0 Å². The molecule has 1 fully saturated rings. The molecule has 17 heavy (non-hydrogen) atoms. The third-order valence-corrected chi connectivity index (χ3v) is 3.12. The summed E-state index contributed by atoms with van der Waals surface area (Å²) in [5.74, 6) is -0.125. The molecule has 6 nitrogen and oxygen atoms in total. The van der Waals surface area contributed by atoms with Gasteiger partial charge in [0.05, 0.1) is 22.9 Å². The fraction of sp³-hybridized carbons (Fsp3) is 0.300. The molecule has 1 unspecified atom stereocenters. The van der Waals surface area contributed by atoms with Gasteiger partial charge in [-0.05, 0) is 28.9 Å². The van der Waals surface area contributed by atoms with Crippen molar-refractivity contribution in [3.05, 3.63) is 16.7 Å². The number of nitrogen functional groups attached to an aromatic ring is 1. The van der Waals surface area contributed by atoms with E-state index >= 15 is 0 Å². The molecule has 1 aromatic rings. The van der Waals surface area contributed by atoms with Gasteiger partial charge in [0.1, 0.15) is 11.9 Å². The zero-order valence-corrected chi connectivity index (χ0v) is 10.7. The number of hydrogen-bond acceptors (Lipinski definition) is 5. The lowest BCUT2D eigenvalue weighted by Gasteiger charge is -2.33. The average molecular weight is 299 g/mol. The summed E-state index contributed by atoms with van der Waals surface area (Å²) in [6, 6.07) is 1.24. The van der Waals surface area contributed by atoms with Gasteiger partial charge in [-0.15, -0.1) is 0 Å². The first-order valence-corrected chi connectivity index (χ1v) is 5.79. The monoisotopic (exact) mass is 298 g/mol. The van der Waals surface area contributed by atoms with Crippen molar-refractivity contribution in [2.45, 2.75) is 13.0 Å². The van der Waals surface area contributed by atoms with Gasteiger partial charge < -0.3 is 10.6 Å². The molecule has 2 rings (SSSR count). The number of anilines is 2. The van der Waals surface area contributed by atoms with Crippen LogP contribution in [0.4, 0.5) is 11.5 Å². The van der Waals surface area contributed by atoms with E-state index in [2.05, 4.69) is 26.2 Å². The Labute approximate surface area is 106 Å². The molecule has 3 N–H and O–H groups in total. The van der Waals surface area contributed by atoms with Crippen LogP contribution < -0.4 is 16.0 Å². The first-order chi connectivity index (χ1) is 7.99. The van der Waals surface area contributed by atoms with Crippen molar-refractivity contribution in [1.82, 2.24) is 10.3 Å². The van der Waals surface area contributed by atoms with Crippen LogP contribution in [0.3, 0.4) is 0 Å². The lowest BCUT2D eigenvalue weighted by Crippen LogP contribution is -2.57. The first-order valence-electron chi connectivity index (χ1n) is 5.00. The molecule has 0 radical (unpaired) electrons. The van der Waals surface area contributed by atoms with Crippen LogP contribution in [0.15, 0.2) is 16.7 Å². The van der Waals surface area contributed by atoms with E-state index in [0.29, 0.717) is 16.0 Å². The molecular weight excluding hydrogens is 288 g/mol. The van der Waals surface area contributed by atoms with Crippen LogP contribution in [0, 0.1) is 0 Å². The van der Waals surface area contributed by atoms with E-state index in [9.17, 15) is 9.59 Å². The second kappa shape index (κ2) is 4.33. The number of hydrogen-bond donors (Lipinski definition) is 2. The first kappa shape index (κ1) is 11.8. The highest BCUT2D eigenvalue weighted by molar-refractivity contribution is 9.10. The van der Waals surface area contributed by atoms with Gasteiger partial charge in [-0.1, -0.05) is 0 Å². The van der Waals surface area contributed by atoms with Gasteiger partial charge in [0.2, 0.25) is 11.8 Å². The van der Waals surface area contributed by atoms with Gasteiger partial charge in [0.15, 0.2) is 0 Å². The number of pyridine rings is 1. The molecular formula is C10H11BrN4O2. The number of carbonyl (C=O) groups excluding carboxylic acids is 2. The maximum Gasteiger partial charge on any atom is 0.249 e. The highest BCUT2D eigenvalue weighted by atomic mass is 79.9. The Hall–Kier alpha value is -1.63. The maximum absolute atomic E-state index is 11.5. The zero-order valence-electron chi connectivity index (χ0n) is 9.11. The second-order valence-electron chi connectivity index (χ2n) is 3.79.